The van der Waals surface area contributed by atoms with Crippen LogP contribution in [0.2, 0.25) is 0 Å². The highest BCUT2D eigenvalue weighted by Gasteiger charge is 2.07. The Balaban J connectivity index is 0. The summed E-state index contributed by atoms with van der Waals surface area (Å²) in [7, 11) is 1.96. The topological polar surface area (TPSA) is 29.1 Å². The van der Waals surface area contributed by atoms with E-state index in [2.05, 4.69) is 34.2 Å². The van der Waals surface area contributed by atoms with E-state index < -0.39 is 0 Å². The second-order valence-electron chi connectivity index (χ2n) is 5.67. The van der Waals surface area contributed by atoms with Crippen LogP contribution in [0, 0.1) is 5.41 Å². The number of aryl methyl sites for hydroxylation is 1. The standard InChI is InChI=1S/C9H14BrNS.C6H12O.C2H6/c1-3-4-5-8-7(10)6-9(11-2)12-8;1-6(2,3)4-5-7;1-2/h6,11H,3-5H2,1-2H3;5H,4H2,1-3H3;1-2H3. The second kappa shape index (κ2) is 13.3. The van der Waals surface area contributed by atoms with E-state index >= 15 is 0 Å². The van der Waals surface area contributed by atoms with Crippen molar-refractivity contribution in [1.29, 1.82) is 0 Å². The Morgan fingerprint density at radius 1 is 1.33 bits per heavy atom. The second-order valence-corrected chi connectivity index (χ2v) is 7.66. The number of nitrogens with one attached hydrogen (secondary N) is 1. The van der Waals surface area contributed by atoms with Gasteiger partial charge in [0, 0.05) is 22.8 Å². The first-order chi connectivity index (χ1) is 9.84. The summed E-state index contributed by atoms with van der Waals surface area (Å²) in [5.74, 6) is 0. The Morgan fingerprint density at radius 2 is 1.90 bits per heavy atom. The van der Waals surface area contributed by atoms with Gasteiger partial charge in [0.05, 0.1) is 5.00 Å². The van der Waals surface area contributed by atoms with Crippen LogP contribution in [-0.2, 0) is 11.2 Å². The Bertz CT molecular complexity index is 369. The number of thiophene rings is 1. The molecule has 2 nitrogen and oxygen atoms in total. The molecule has 1 N–H and O–H groups in total. The molecule has 0 fully saturated rings. The largest absolute Gasteiger partial charge is 0.380 e. The molecule has 0 saturated heterocycles. The van der Waals surface area contributed by atoms with Gasteiger partial charge >= 0.3 is 0 Å². The molecule has 1 aromatic heterocycles. The molecule has 0 atom stereocenters. The van der Waals surface area contributed by atoms with Crippen LogP contribution in [0.1, 0.15) is 65.7 Å². The van der Waals surface area contributed by atoms with Crippen molar-refractivity contribution in [2.45, 2.75) is 67.2 Å². The van der Waals surface area contributed by atoms with E-state index in [1.165, 1.54) is 33.6 Å². The van der Waals surface area contributed by atoms with Crippen molar-refractivity contribution in [2.24, 2.45) is 5.41 Å². The third-order valence-corrected chi connectivity index (χ3v) is 4.64. The number of halogens is 1. The average Bonchev–Trinajstić information content (AvgIpc) is 2.79. The minimum atomic E-state index is 0.182. The maximum Gasteiger partial charge on any atom is 0.120 e. The van der Waals surface area contributed by atoms with Crippen LogP contribution in [0.3, 0.4) is 0 Å². The summed E-state index contributed by atoms with van der Waals surface area (Å²) in [5.41, 5.74) is 0.182. The molecule has 124 valence electrons. The van der Waals surface area contributed by atoms with Gasteiger partial charge in [-0.3, -0.25) is 0 Å². The van der Waals surface area contributed by atoms with Crippen LogP contribution in [-0.4, -0.2) is 13.3 Å². The van der Waals surface area contributed by atoms with Crippen LogP contribution in [0.5, 0.6) is 0 Å². The van der Waals surface area contributed by atoms with Gasteiger partial charge in [-0.1, -0.05) is 48.0 Å². The maximum absolute atomic E-state index is 9.82. The third kappa shape index (κ3) is 13.1. The molecule has 1 rings (SSSR count). The number of aldehydes is 1. The summed E-state index contributed by atoms with van der Waals surface area (Å²) in [4.78, 5) is 11.3. The van der Waals surface area contributed by atoms with Gasteiger partial charge in [0.1, 0.15) is 6.29 Å². The number of rotatable bonds is 5. The number of carbonyl (C=O) groups is 1. The lowest BCUT2D eigenvalue weighted by Gasteiger charge is -2.11. The zero-order valence-electron chi connectivity index (χ0n) is 14.7. The Kier molecular flexibility index (Phi) is 14.5. The lowest BCUT2D eigenvalue weighted by atomic mass is 9.93. The minimum Gasteiger partial charge on any atom is -0.380 e. The van der Waals surface area contributed by atoms with Crippen LogP contribution in [0.25, 0.3) is 0 Å². The Morgan fingerprint density at radius 3 is 2.19 bits per heavy atom. The van der Waals surface area contributed by atoms with Crippen molar-refractivity contribution in [3.63, 3.8) is 0 Å². The van der Waals surface area contributed by atoms with Gasteiger partial charge in [0.2, 0.25) is 0 Å². The van der Waals surface area contributed by atoms with Crippen molar-refractivity contribution in [2.75, 3.05) is 12.4 Å². The van der Waals surface area contributed by atoms with Gasteiger partial charge in [-0.25, -0.2) is 0 Å². The van der Waals surface area contributed by atoms with Crippen LogP contribution >= 0.6 is 27.3 Å². The lowest BCUT2D eigenvalue weighted by molar-refractivity contribution is -0.109. The fraction of sp³-hybridized carbons (Fsp3) is 0.706. The summed E-state index contributed by atoms with van der Waals surface area (Å²) in [6.45, 7) is 12.4. The molecule has 0 saturated carbocycles. The van der Waals surface area contributed by atoms with Crippen molar-refractivity contribution >= 4 is 38.6 Å². The van der Waals surface area contributed by atoms with Gasteiger partial charge in [-0.2, -0.15) is 0 Å². The highest BCUT2D eigenvalue weighted by Crippen LogP contribution is 2.32. The van der Waals surface area contributed by atoms with Crippen LogP contribution in [0.4, 0.5) is 5.00 Å². The molecule has 21 heavy (non-hydrogen) atoms. The quantitative estimate of drug-likeness (QED) is 0.589. The molecule has 1 aromatic rings. The molecule has 0 aliphatic carbocycles. The average molecular weight is 378 g/mol. The smallest absolute Gasteiger partial charge is 0.120 e. The summed E-state index contributed by atoms with van der Waals surface area (Å²) in [6, 6.07) is 2.15. The van der Waals surface area contributed by atoms with E-state index in [0.29, 0.717) is 6.42 Å². The number of hydrogen-bond acceptors (Lipinski definition) is 3. The lowest BCUT2D eigenvalue weighted by Crippen LogP contribution is -2.04. The summed E-state index contributed by atoms with van der Waals surface area (Å²) >= 11 is 5.40. The molecule has 0 aliphatic heterocycles. The van der Waals surface area contributed by atoms with Crippen molar-refractivity contribution < 1.29 is 4.79 Å². The van der Waals surface area contributed by atoms with E-state index in [1.54, 1.807) is 0 Å². The molecule has 0 amide bonds. The van der Waals surface area contributed by atoms with Crippen molar-refractivity contribution in [3.05, 3.63) is 15.4 Å². The predicted molar refractivity (Wildman–Crippen MR) is 102 cm³/mol. The summed E-state index contributed by atoms with van der Waals surface area (Å²) in [5, 5.41) is 4.40. The minimum absolute atomic E-state index is 0.182. The molecule has 0 bridgehead atoms. The van der Waals surface area contributed by atoms with Crippen molar-refractivity contribution in [1.82, 2.24) is 0 Å². The van der Waals surface area contributed by atoms with E-state index in [9.17, 15) is 4.79 Å². The number of carbonyl (C=O) groups excluding carboxylic acids is 1. The molecular formula is C17H32BrNOS. The molecule has 1 heterocycles. The Labute approximate surface area is 143 Å². The molecule has 0 unspecified atom stereocenters. The Hall–Kier alpha value is -0.350. The maximum atomic E-state index is 9.82. The first-order valence-corrected chi connectivity index (χ1v) is 9.34. The monoisotopic (exact) mass is 377 g/mol. The zero-order chi connectivity index (χ0) is 16.9. The normalized spacial score (nSPS) is 9.90. The van der Waals surface area contributed by atoms with Gasteiger partial charge < -0.3 is 10.1 Å². The molecular weight excluding hydrogens is 346 g/mol. The molecule has 0 radical (unpaired) electrons. The SMILES string of the molecule is CC.CC(C)(C)CC=O.CCCCc1sc(NC)cc1Br. The van der Waals surface area contributed by atoms with Gasteiger partial charge in [0.25, 0.3) is 0 Å². The number of hydrogen-bond donors (Lipinski definition) is 1. The van der Waals surface area contributed by atoms with Crippen molar-refractivity contribution in [3.8, 4) is 0 Å². The number of unbranched alkanes of at least 4 members (excludes halogenated alkanes) is 1. The van der Waals surface area contributed by atoms with E-state index in [1.807, 2.05) is 53.0 Å². The van der Waals surface area contributed by atoms with Crippen LogP contribution in [0.15, 0.2) is 10.5 Å². The zero-order valence-corrected chi connectivity index (χ0v) is 17.1. The fourth-order valence-corrected chi connectivity index (χ4v) is 3.06. The van der Waals surface area contributed by atoms with Gasteiger partial charge in [-0.15, -0.1) is 11.3 Å². The molecule has 0 aliphatic rings. The first kappa shape index (κ1) is 22.9. The van der Waals surface area contributed by atoms with E-state index in [4.69, 9.17) is 0 Å². The third-order valence-electron chi connectivity index (χ3n) is 2.46. The first-order valence-electron chi connectivity index (χ1n) is 7.73. The molecule has 0 aromatic carbocycles. The number of anilines is 1. The highest BCUT2D eigenvalue weighted by molar-refractivity contribution is 9.10. The van der Waals surface area contributed by atoms with E-state index in [-0.39, 0.29) is 5.41 Å². The summed E-state index contributed by atoms with van der Waals surface area (Å²) < 4.78 is 1.25. The van der Waals surface area contributed by atoms with Gasteiger partial charge in [0.15, 0.2) is 0 Å². The molecule has 4 heteroatoms. The van der Waals surface area contributed by atoms with Gasteiger partial charge in [-0.05, 0) is 40.3 Å². The fourth-order valence-electron chi connectivity index (χ4n) is 1.29. The van der Waals surface area contributed by atoms with E-state index in [0.717, 1.165) is 6.29 Å². The van der Waals surface area contributed by atoms with Crippen LogP contribution < -0.4 is 5.32 Å². The predicted octanol–water partition coefficient (Wildman–Crippen LogP) is 6.54. The highest BCUT2D eigenvalue weighted by atomic mass is 79.9. The molecule has 0 spiro atoms. The summed E-state index contributed by atoms with van der Waals surface area (Å²) in [6.07, 6.45) is 5.36.